The molecule has 6 N–H and O–H groups in total. The van der Waals surface area contributed by atoms with E-state index in [9.17, 15) is 39.2 Å². The van der Waals surface area contributed by atoms with E-state index in [4.69, 9.17) is 16.3 Å². The molecule has 0 fully saturated rings. The number of nitro groups is 1. The first-order chi connectivity index (χ1) is 27.2. The summed E-state index contributed by atoms with van der Waals surface area (Å²) < 4.78 is 5.31. The van der Waals surface area contributed by atoms with E-state index in [0.29, 0.717) is 11.1 Å². The average Bonchev–Trinajstić information content (AvgIpc) is 3.19. The van der Waals surface area contributed by atoms with Gasteiger partial charge >= 0.3 is 6.09 Å². The van der Waals surface area contributed by atoms with E-state index in [1.165, 1.54) is 13.0 Å². The van der Waals surface area contributed by atoms with Gasteiger partial charge in [0.2, 0.25) is 23.6 Å². The number of alkyl carbamates (subject to hydrolysis) is 1. The summed E-state index contributed by atoms with van der Waals surface area (Å²) in [5, 5.41) is 34.8. The molecule has 0 saturated heterocycles. The number of anilines is 1. The van der Waals surface area contributed by atoms with E-state index < -0.39 is 70.8 Å². The highest BCUT2D eigenvalue weighted by Crippen LogP contribution is 2.27. The van der Waals surface area contributed by atoms with Crippen molar-refractivity contribution in [3.05, 3.63) is 141 Å². The predicted octanol–water partition coefficient (Wildman–Crippen LogP) is 4.46. The zero-order valence-corrected chi connectivity index (χ0v) is 32.3. The van der Waals surface area contributed by atoms with E-state index in [1.807, 2.05) is 6.07 Å². The molecule has 5 atom stereocenters. The Morgan fingerprint density at radius 1 is 0.667 bits per heavy atom. The SMILES string of the molecule is CC(C)[C@H](NC(=O)OCc1ccccc1)C(=O)N[C@@H](Cc1ccccc1)C(=O)N[C@H](C(=O)N[C@@H](Cc1ccccc1)C(=O)Nc1ccc([N+](=O)[O-])cc1Cl)C(C)O. The predicted molar refractivity (Wildman–Crippen MR) is 213 cm³/mol. The maximum Gasteiger partial charge on any atom is 0.408 e. The monoisotopic (exact) mass is 800 g/mol. The topological polar surface area (TPSA) is 218 Å². The Labute approximate surface area is 334 Å². The van der Waals surface area contributed by atoms with Crippen molar-refractivity contribution >= 4 is 52.7 Å². The molecule has 0 bridgehead atoms. The second-order valence-electron chi connectivity index (χ2n) is 13.6. The fraction of sp³-hybridized carbons (Fsp3) is 0.293. The van der Waals surface area contributed by atoms with E-state index >= 15 is 0 Å². The van der Waals surface area contributed by atoms with Gasteiger partial charge in [-0.1, -0.05) is 116 Å². The molecule has 16 heteroatoms. The summed E-state index contributed by atoms with van der Waals surface area (Å²) in [7, 11) is 0. The Morgan fingerprint density at radius 2 is 1.16 bits per heavy atom. The van der Waals surface area contributed by atoms with Crippen molar-refractivity contribution < 1.29 is 38.7 Å². The second kappa shape index (κ2) is 21.1. The van der Waals surface area contributed by atoms with E-state index in [0.717, 1.165) is 17.7 Å². The summed E-state index contributed by atoms with van der Waals surface area (Å²) in [6.45, 7) is 4.66. The van der Waals surface area contributed by atoms with Crippen LogP contribution in [0.25, 0.3) is 0 Å². The largest absolute Gasteiger partial charge is 0.445 e. The fourth-order valence-corrected chi connectivity index (χ4v) is 5.89. The van der Waals surface area contributed by atoms with Gasteiger partial charge in [0, 0.05) is 25.0 Å². The van der Waals surface area contributed by atoms with Gasteiger partial charge < -0.3 is 36.4 Å². The number of carbonyl (C=O) groups excluding carboxylic acids is 5. The molecule has 0 saturated carbocycles. The number of hydrogen-bond acceptors (Lipinski definition) is 9. The van der Waals surface area contributed by atoms with Gasteiger partial charge in [-0.25, -0.2) is 4.79 Å². The number of aliphatic hydroxyl groups is 1. The van der Waals surface area contributed by atoms with Gasteiger partial charge in [-0.2, -0.15) is 0 Å². The van der Waals surface area contributed by atoms with Crippen LogP contribution in [0.5, 0.6) is 0 Å². The molecule has 0 aliphatic heterocycles. The molecule has 1 unspecified atom stereocenters. The minimum absolute atomic E-state index is 0.0203. The lowest BCUT2D eigenvalue weighted by Gasteiger charge is -2.28. The molecule has 0 aliphatic rings. The average molecular weight is 801 g/mol. The van der Waals surface area contributed by atoms with E-state index in [2.05, 4.69) is 26.6 Å². The standard InChI is InChI=1S/C41H45ClN6O9/c1-25(2)35(47-41(54)57-24-29-17-11-6-12-18-29)39(52)44-34(22-28-15-9-5-10-16-28)38(51)46-36(26(3)49)40(53)45-33(21-27-13-7-4-8-14-27)37(50)43-32-20-19-30(48(55)56)23-31(32)42/h4-20,23,25-26,33-36,49H,21-22,24H2,1-3H3,(H,43,50)(H,44,52)(H,45,53)(H,46,51)(H,47,54)/t26?,33-,34-,35-,36-/m0/s1. The van der Waals surface area contributed by atoms with Crippen molar-refractivity contribution in [2.75, 3.05) is 5.32 Å². The number of hydrogen-bond donors (Lipinski definition) is 6. The lowest BCUT2D eigenvalue weighted by molar-refractivity contribution is -0.384. The molecule has 0 aromatic heterocycles. The molecule has 4 aromatic carbocycles. The van der Waals surface area contributed by atoms with Crippen molar-refractivity contribution in [1.82, 2.24) is 21.3 Å². The smallest absolute Gasteiger partial charge is 0.408 e. The molecular formula is C41H45ClN6O9. The minimum atomic E-state index is -1.60. The number of halogens is 1. The quantitative estimate of drug-likeness (QED) is 0.0618. The number of nitrogens with one attached hydrogen (secondary N) is 5. The van der Waals surface area contributed by atoms with Gasteiger partial charge in [0.05, 0.1) is 21.7 Å². The third kappa shape index (κ3) is 13.4. The van der Waals surface area contributed by atoms with Gasteiger partial charge in [0.25, 0.3) is 5.69 Å². The van der Waals surface area contributed by atoms with Gasteiger partial charge in [-0.15, -0.1) is 0 Å². The number of non-ortho nitro benzene ring substituents is 1. The highest BCUT2D eigenvalue weighted by Gasteiger charge is 2.34. The third-order valence-electron chi connectivity index (χ3n) is 8.75. The summed E-state index contributed by atoms with van der Waals surface area (Å²) >= 11 is 6.22. The van der Waals surface area contributed by atoms with Gasteiger partial charge in [0.15, 0.2) is 0 Å². The van der Waals surface area contributed by atoms with Gasteiger partial charge in [0.1, 0.15) is 30.8 Å². The summed E-state index contributed by atoms with van der Waals surface area (Å²) in [6.07, 6.45) is -2.36. The van der Waals surface area contributed by atoms with Crippen LogP contribution in [0.1, 0.15) is 37.5 Å². The molecule has 4 aromatic rings. The first-order valence-corrected chi connectivity index (χ1v) is 18.5. The summed E-state index contributed by atoms with van der Waals surface area (Å²) in [5.74, 6) is -3.61. The van der Waals surface area contributed by atoms with Gasteiger partial charge in [-0.3, -0.25) is 29.3 Å². The van der Waals surface area contributed by atoms with Crippen molar-refractivity contribution in [1.29, 1.82) is 0 Å². The van der Waals surface area contributed by atoms with Crippen LogP contribution < -0.4 is 26.6 Å². The molecule has 57 heavy (non-hydrogen) atoms. The van der Waals surface area contributed by atoms with Crippen molar-refractivity contribution in [3.8, 4) is 0 Å². The number of carbonyl (C=O) groups is 5. The summed E-state index contributed by atoms with van der Waals surface area (Å²) in [6, 6.07) is 24.7. The lowest BCUT2D eigenvalue weighted by Crippen LogP contribution is -2.61. The number of nitro benzene ring substituents is 1. The molecule has 0 radical (unpaired) electrons. The second-order valence-corrected chi connectivity index (χ2v) is 14.0. The van der Waals surface area contributed by atoms with Crippen molar-refractivity contribution in [2.24, 2.45) is 5.92 Å². The fourth-order valence-electron chi connectivity index (χ4n) is 5.67. The highest BCUT2D eigenvalue weighted by atomic mass is 35.5. The number of nitrogens with zero attached hydrogens (tertiary/aromatic N) is 1. The Bertz CT molecular complexity index is 2000. The molecule has 0 heterocycles. The number of aliphatic hydroxyl groups excluding tert-OH is 1. The first-order valence-electron chi connectivity index (χ1n) is 18.1. The van der Waals surface area contributed by atoms with Crippen LogP contribution in [0.15, 0.2) is 109 Å². The Kier molecular flexibility index (Phi) is 16.1. The Balaban J connectivity index is 1.52. The molecule has 15 nitrogen and oxygen atoms in total. The molecule has 0 spiro atoms. The zero-order chi connectivity index (χ0) is 41.5. The number of benzene rings is 4. The normalized spacial score (nSPS) is 13.5. The Morgan fingerprint density at radius 3 is 1.63 bits per heavy atom. The van der Waals surface area contributed by atoms with Crippen LogP contribution in [0.2, 0.25) is 5.02 Å². The van der Waals surface area contributed by atoms with E-state index in [1.54, 1.807) is 98.8 Å². The lowest BCUT2D eigenvalue weighted by atomic mass is 10.0. The van der Waals surface area contributed by atoms with Crippen LogP contribution >= 0.6 is 11.6 Å². The number of rotatable bonds is 18. The van der Waals surface area contributed by atoms with Crippen LogP contribution in [0.4, 0.5) is 16.2 Å². The number of amides is 5. The molecule has 300 valence electrons. The van der Waals surface area contributed by atoms with Crippen LogP contribution in [-0.4, -0.2) is 70.0 Å². The summed E-state index contributed by atoms with van der Waals surface area (Å²) in [4.78, 5) is 78.4. The Hall–Kier alpha value is -6.32. The number of ether oxygens (including phenoxy) is 1. The maximum atomic E-state index is 14.0. The third-order valence-corrected chi connectivity index (χ3v) is 9.06. The molecule has 5 amide bonds. The van der Waals surface area contributed by atoms with E-state index in [-0.39, 0.29) is 35.8 Å². The first kappa shape index (κ1) is 43.4. The highest BCUT2D eigenvalue weighted by molar-refractivity contribution is 6.34. The van der Waals surface area contributed by atoms with Crippen molar-refractivity contribution in [2.45, 2.75) is 70.5 Å². The molecule has 0 aliphatic carbocycles. The summed E-state index contributed by atoms with van der Waals surface area (Å²) in [5.41, 5.74) is 1.83. The van der Waals surface area contributed by atoms with Crippen molar-refractivity contribution in [3.63, 3.8) is 0 Å². The van der Waals surface area contributed by atoms with Gasteiger partial charge in [-0.05, 0) is 35.6 Å². The molecule has 4 rings (SSSR count). The van der Waals surface area contributed by atoms with Crippen LogP contribution in [0, 0.1) is 16.0 Å². The van der Waals surface area contributed by atoms with Crippen LogP contribution in [-0.2, 0) is 43.4 Å². The minimum Gasteiger partial charge on any atom is -0.445 e. The molecular weight excluding hydrogens is 756 g/mol. The van der Waals surface area contributed by atoms with Crippen LogP contribution in [0.3, 0.4) is 0 Å². The zero-order valence-electron chi connectivity index (χ0n) is 31.5. The maximum absolute atomic E-state index is 14.0.